The summed E-state index contributed by atoms with van der Waals surface area (Å²) in [5, 5.41) is 2.95. The highest BCUT2D eigenvalue weighted by atomic mass is 79.9. The molecule has 31 heavy (non-hydrogen) atoms. The topological polar surface area (TPSA) is 75.7 Å². The number of esters is 1. The molecule has 2 aromatic rings. The van der Waals surface area contributed by atoms with Crippen LogP contribution in [0.1, 0.15) is 35.7 Å². The SMILES string of the molecule is CC(=O)Oc1cccc(C(=O)N2CCC(CNC(=O)/C=C/c3ccc(Br)cc3)CC2)c1. The average molecular weight is 485 g/mol. The minimum Gasteiger partial charge on any atom is -0.427 e. The predicted molar refractivity (Wildman–Crippen MR) is 123 cm³/mol. The third kappa shape index (κ3) is 7.07. The summed E-state index contributed by atoms with van der Waals surface area (Å²) in [4.78, 5) is 37.8. The normalized spacial score (nSPS) is 14.5. The summed E-state index contributed by atoms with van der Waals surface area (Å²) in [6, 6.07) is 14.4. The van der Waals surface area contributed by atoms with E-state index in [1.165, 1.54) is 13.0 Å². The van der Waals surface area contributed by atoms with Gasteiger partial charge in [-0.05, 0) is 60.7 Å². The van der Waals surface area contributed by atoms with Crippen LogP contribution in [0.5, 0.6) is 5.75 Å². The molecule has 1 saturated heterocycles. The molecule has 3 rings (SSSR count). The Bertz CT molecular complexity index is 964. The first kappa shape index (κ1) is 22.7. The van der Waals surface area contributed by atoms with Gasteiger partial charge in [0, 0.05) is 42.7 Å². The van der Waals surface area contributed by atoms with Crippen LogP contribution >= 0.6 is 15.9 Å². The number of ether oxygens (including phenoxy) is 1. The maximum Gasteiger partial charge on any atom is 0.308 e. The number of halogens is 1. The summed E-state index contributed by atoms with van der Waals surface area (Å²) < 4.78 is 6.06. The van der Waals surface area contributed by atoms with Crippen molar-refractivity contribution in [2.24, 2.45) is 5.92 Å². The van der Waals surface area contributed by atoms with Crippen LogP contribution in [0.3, 0.4) is 0 Å². The molecule has 2 aromatic carbocycles. The lowest BCUT2D eigenvalue weighted by Crippen LogP contribution is -2.41. The highest BCUT2D eigenvalue weighted by Gasteiger charge is 2.24. The number of amides is 2. The molecule has 6 nitrogen and oxygen atoms in total. The fourth-order valence-electron chi connectivity index (χ4n) is 3.43. The standard InChI is InChI=1S/C24H25BrN2O4/c1-17(28)31-22-4-2-3-20(15-22)24(30)27-13-11-19(12-14-27)16-26-23(29)10-7-18-5-8-21(25)9-6-18/h2-10,15,19H,11-14,16H2,1H3,(H,26,29)/b10-7+. The summed E-state index contributed by atoms with van der Waals surface area (Å²) in [7, 11) is 0. The van der Waals surface area contributed by atoms with Gasteiger partial charge in [-0.1, -0.05) is 34.1 Å². The Balaban J connectivity index is 1.44. The van der Waals surface area contributed by atoms with E-state index in [0.29, 0.717) is 36.9 Å². The molecule has 0 aromatic heterocycles. The Labute approximate surface area is 190 Å². The second-order valence-electron chi connectivity index (χ2n) is 7.49. The Morgan fingerprint density at radius 1 is 1.13 bits per heavy atom. The Hall–Kier alpha value is -2.93. The van der Waals surface area contributed by atoms with E-state index in [1.54, 1.807) is 35.2 Å². The number of hydrogen-bond acceptors (Lipinski definition) is 4. The first-order valence-electron chi connectivity index (χ1n) is 10.2. The van der Waals surface area contributed by atoms with Crippen LogP contribution in [-0.4, -0.2) is 42.3 Å². The maximum atomic E-state index is 12.8. The minimum atomic E-state index is -0.417. The molecular weight excluding hydrogens is 460 g/mol. The molecule has 162 valence electrons. The quantitative estimate of drug-likeness (QED) is 0.381. The molecule has 2 amide bonds. The number of carbonyl (C=O) groups is 3. The van der Waals surface area contributed by atoms with Crippen LogP contribution in [0.4, 0.5) is 0 Å². The summed E-state index contributed by atoms with van der Waals surface area (Å²) in [6.07, 6.45) is 4.98. The van der Waals surface area contributed by atoms with Crippen molar-refractivity contribution < 1.29 is 19.1 Å². The zero-order valence-corrected chi connectivity index (χ0v) is 18.9. The molecule has 0 radical (unpaired) electrons. The van der Waals surface area contributed by atoms with Crippen LogP contribution in [0.25, 0.3) is 6.08 Å². The van der Waals surface area contributed by atoms with Gasteiger partial charge in [-0.3, -0.25) is 14.4 Å². The second kappa shape index (κ2) is 10.9. The number of rotatable bonds is 6. The van der Waals surface area contributed by atoms with Crippen LogP contribution in [0.2, 0.25) is 0 Å². The number of piperidine rings is 1. The van der Waals surface area contributed by atoms with Crippen LogP contribution in [0.15, 0.2) is 59.1 Å². The molecule has 0 atom stereocenters. The molecule has 1 fully saturated rings. The zero-order chi connectivity index (χ0) is 22.2. The number of hydrogen-bond donors (Lipinski definition) is 1. The second-order valence-corrected chi connectivity index (χ2v) is 8.40. The molecule has 1 aliphatic heterocycles. The highest BCUT2D eigenvalue weighted by molar-refractivity contribution is 9.10. The van der Waals surface area contributed by atoms with Crippen molar-refractivity contribution in [2.75, 3.05) is 19.6 Å². The predicted octanol–water partition coefficient (Wildman–Crippen LogP) is 4.06. The van der Waals surface area contributed by atoms with Crippen molar-refractivity contribution >= 4 is 39.8 Å². The smallest absolute Gasteiger partial charge is 0.308 e. The van der Waals surface area contributed by atoms with Gasteiger partial charge in [0.1, 0.15) is 5.75 Å². The van der Waals surface area contributed by atoms with Gasteiger partial charge in [-0.25, -0.2) is 0 Å². The molecule has 0 spiro atoms. The molecule has 0 saturated carbocycles. The number of nitrogens with zero attached hydrogens (tertiary/aromatic N) is 1. The number of likely N-dealkylation sites (tertiary alicyclic amines) is 1. The first-order chi connectivity index (χ1) is 14.9. The van der Waals surface area contributed by atoms with E-state index in [2.05, 4.69) is 21.2 Å². The summed E-state index contributed by atoms with van der Waals surface area (Å²) in [6.45, 7) is 3.18. The van der Waals surface area contributed by atoms with Gasteiger partial charge in [0.25, 0.3) is 5.91 Å². The van der Waals surface area contributed by atoms with Crippen LogP contribution in [-0.2, 0) is 9.59 Å². The van der Waals surface area contributed by atoms with Gasteiger partial charge < -0.3 is 15.0 Å². The molecule has 1 heterocycles. The number of benzene rings is 2. The fourth-order valence-corrected chi connectivity index (χ4v) is 3.70. The third-order valence-electron chi connectivity index (χ3n) is 5.11. The summed E-state index contributed by atoms with van der Waals surface area (Å²) >= 11 is 3.39. The van der Waals surface area contributed by atoms with Crippen molar-refractivity contribution in [3.05, 3.63) is 70.2 Å². The van der Waals surface area contributed by atoms with E-state index >= 15 is 0 Å². The lowest BCUT2D eigenvalue weighted by atomic mass is 9.96. The van der Waals surface area contributed by atoms with Gasteiger partial charge in [-0.2, -0.15) is 0 Å². The van der Waals surface area contributed by atoms with Gasteiger partial charge >= 0.3 is 5.97 Å². The highest BCUT2D eigenvalue weighted by Crippen LogP contribution is 2.21. The molecule has 1 N–H and O–H groups in total. The molecule has 0 aliphatic carbocycles. The molecule has 0 bridgehead atoms. The van der Waals surface area contributed by atoms with Gasteiger partial charge in [-0.15, -0.1) is 0 Å². The molecular formula is C24H25BrN2O4. The van der Waals surface area contributed by atoms with E-state index in [9.17, 15) is 14.4 Å². The lowest BCUT2D eigenvalue weighted by molar-refractivity contribution is -0.131. The average Bonchev–Trinajstić information content (AvgIpc) is 2.77. The molecule has 1 aliphatic rings. The van der Waals surface area contributed by atoms with E-state index in [4.69, 9.17) is 4.74 Å². The fraction of sp³-hybridized carbons (Fsp3) is 0.292. The Morgan fingerprint density at radius 3 is 2.52 bits per heavy atom. The van der Waals surface area contributed by atoms with Gasteiger partial charge in [0.05, 0.1) is 0 Å². The summed E-state index contributed by atoms with van der Waals surface area (Å²) in [5.41, 5.74) is 1.46. The zero-order valence-electron chi connectivity index (χ0n) is 17.3. The minimum absolute atomic E-state index is 0.0751. The van der Waals surface area contributed by atoms with Crippen LogP contribution < -0.4 is 10.1 Å². The van der Waals surface area contributed by atoms with Crippen molar-refractivity contribution in [3.63, 3.8) is 0 Å². The van der Waals surface area contributed by atoms with Gasteiger partial charge in [0.2, 0.25) is 5.91 Å². The first-order valence-corrected chi connectivity index (χ1v) is 11.0. The Kier molecular flexibility index (Phi) is 8.00. The lowest BCUT2D eigenvalue weighted by Gasteiger charge is -2.32. The van der Waals surface area contributed by atoms with Gasteiger partial charge in [0.15, 0.2) is 0 Å². The Morgan fingerprint density at radius 2 is 1.84 bits per heavy atom. The maximum absolute atomic E-state index is 12.8. The van der Waals surface area contributed by atoms with E-state index < -0.39 is 5.97 Å². The van der Waals surface area contributed by atoms with Crippen molar-refractivity contribution in [1.82, 2.24) is 10.2 Å². The number of carbonyl (C=O) groups excluding carboxylic acids is 3. The molecule has 0 unspecified atom stereocenters. The summed E-state index contributed by atoms with van der Waals surface area (Å²) in [5.74, 6) is 0.0883. The number of nitrogens with one attached hydrogen (secondary N) is 1. The van der Waals surface area contributed by atoms with Crippen molar-refractivity contribution in [1.29, 1.82) is 0 Å². The van der Waals surface area contributed by atoms with E-state index in [-0.39, 0.29) is 11.8 Å². The van der Waals surface area contributed by atoms with E-state index in [0.717, 1.165) is 22.9 Å². The third-order valence-corrected chi connectivity index (χ3v) is 5.64. The monoisotopic (exact) mass is 484 g/mol. The van der Waals surface area contributed by atoms with E-state index in [1.807, 2.05) is 24.3 Å². The largest absolute Gasteiger partial charge is 0.427 e. The van der Waals surface area contributed by atoms with Crippen molar-refractivity contribution in [3.8, 4) is 5.75 Å². The molecule has 7 heteroatoms. The van der Waals surface area contributed by atoms with Crippen LogP contribution in [0, 0.1) is 5.92 Å². The van der Waals surface area contributed by atoms with Crippen molar-refractivity contribution in [2.45, 2.75) is 19.8 Å².